The average molecular weight is 351 g/mol. The molecule has 1 fully saturated rings. The van der Waals surface area contributed by atoms with E-state index in [1.165, 1.54) is 25.0 Å². The number of nitrogens with one attached hydrogen (secondary N) is 1. The van der Waals surface area contributed by atoms with Crippen molar-refractivity contribution < 1.29 is 17.9 Å². The Labute approximate surface area is 144 Å². The third-order valence-corrected chi connectivity index (χ3v) is 4.42. The molecule has 0 radical (unpaired) electrons. The molecule has 1 saturated carbocycles. The van der Waals surface area contributed by atoms with Crippen molar-refractivity contribution in [1.82, 2.24) is 9.97 Å². The third-order valence-electron chi connectivity index (χ3n) is 4.42. The molecule has 134 valence electrons. The van der Waals surface area contributed by atoms with Crippen LogP contribution in [0.2, 0.25) is 0 Å². The first-order valence-corrected chi connectivity index (χ1v) is 8.34. The van der Waals surface area contributed by atoms with Crippen molar-refractivity contribution in [3.05, 3.63) is 36.7 Å². The van der Waals surface area contributed by atoms with E-state index in [4.69, 9.17) is 0 Å². The number of aromatic nitrogens is 2. The van der Waals surface area contributed by atoms with Crippen LogP contribution in [-0.4, -0.2) is 22.4 Å². The molecule has 0 aliphatic heterocycles. The molecule has 1 heterocycles. The molecule has 4 nitrogen and oxygen atoms in total. The van der Waals surface area contributed by atoms with Gasteiger partial charge in [0.2, 0.25) is 5.95 Å². The molecule has 0 atom stereocenters. The van der Waals surface area contributed by atoms with Gasteiger partial charge in [-0.25, -0.2) is 9.97 Å². The molecule has 0 unspecified atom stereocenters. The molecule has 1 aliphatic rings. The summed E-state index contributed by atoms with van der Waals surface area (Å²) < 4.78 is 40.4. The largest absolute Gasteiger partial charge is 0.573 e. The van der Waals surface area contributed by atoms with Gasteiger partial charge in [-0.1, -0.05) is 19.1 Å². The van der Waals surface area contributed by atoms with Crippen molar-refractivity contribution in [3.8, 4) is 16.9 Å². The topological polar surface area (TPSA) is 47.0 Å². The van der Waals surface area contributed by atoms with Crippen molar-refractivity contribution >= 4 is 5.95 Å². The Balaban J connectivity index is 1.62. The second-order valence-electron chi connectivity index (χ2n) is 6.47. The zero-order chi connectivity index (χ0) is 17.9. The summed E-state index contributed by atoms with van der Waals surface area (Å²) >= 11 is 0. The number of halogens is 3. The van der Waals surface area contributed by atoms with E-state index in [1.54, 1.807) is 24.5 Å². The molecular formula is C18H20F3N3O. The van der Waals surface area contributed by atoms with Gasteiger partial charge in [0.25, 0.3) is 0 Å². The zero-order valence-corrected chi connectivity index (χ0v) is 13.9. The minimum absolute atomic E-state index is 0.248. The van der Waals surface area contributed by atoms with Gasteiger partial charge in [0.05, 0.1) is 0 Å². The van der Waals surface area contributed by atoms with Gasteiger partial charge in [-0.3, -0.25) is 0 Å². The Kier molecular flexibility index (Phi) is 5.11. The van der Waals surface area contributed by atoms with E-state index in [0.29, 0.717) is 12.0 Å². The molecule has 3 rings (SSSR count). The lowest BCUT2D eigenvalue weighted by molar-refractivity contribution is -0.274. The minimum atomic E-state index is -4.69. The molecule has 0 amide bonds. The predicted octanol–water partition coefficient (Wildman–Crippen LogP) is 5.03. The van der Waals surface area contributed by atoms with Gasteiger partial charge in [0.1, 0.15) is 5.75 Å². The fraction of sp³-hybridized carbons (Fsp3) is 0.444. The lowest BCUT2D eigenvalue weighted by Crippen LogP contribution is -2.26. The molecule has 0 spiro atoms. The van der Waals surface area contributed by atoms with E-state index in [9.17, 15) is 13.2 Å². The summed E-state index contributed by atoms with van der Waals surface area (Å²) in [6.07, 6.45) is 3.31. The van der Waals surface area contributed by atoms with E-state index >= 15 is 0 Å². The van der Waals surface area contributed by atoms with E-state index in [-0.39, 0.29) is 5.75 Å². The summed E-state index contributed by atoms with van der Waals surface area (Å²) in [6.45, 7) is 2.27. The maximum absolute atomic E-state index is 12.2. The van der Waals surface area contributed by atoms with E-state index < -0.39 is 6.36 Å². The van der Waals surface area contributed by atoms with Crippen LogP contribution in [0.3, 0.4) is 0 Å². The Bertz CT molecular complexity index is 678. The monoisotopic (exact) mass is 351 g/mol. The van der Waals surface area contributed by atoms with Crippen LogP contribution in [0.5, 0.6) is 5.75 Å². The number of rotatable bonds is 4. The van der Waals surface area contributed by atoms with Gasteiger partial charge >= 0.3 is 6.36 Å². The predicted molar refractivity (Wildman–Crippen MR) is 89.2 cm³/mol. The first-order chi connectivity index (χ1) is 11.9. The van der Waals surface area contributed by atoms with Crippen LogP contribution >= 0.6 is 0 Å². The Morgan fingerprint density at radius 3 is 2.12 bits per heavy atom. The first-order valence-electron chi connectivity index (χ1n) is 8.34. The van der Waals surface area contributed by atoms with Gasteiger partial charge in [0, 0.05) is 24.0 Å². The summed E-state index contributed by atoms with van der Waals surface area (Å²) in [7, 11) is 0. The van der Waals surface area contributed by atoms with Crippen molar-refractivity contribution in [3.63, 3.8) is 0 Å². The van der Waals surface area contributed by atoms with E-state index in [1.807, 2.05) is 0 Å². The van der Waals surface area contributed by atoms with Gasteiger partial charge in [-0.15, -0.1) is 13.2 Å². The lowest BCUT2D eigenvalue weighted by Gasteiger charge is -2.26. The van der Waals surface area contributed by atoms with Gasteiger partial charge in [-0.05, 0) is 49.3 Å². The third kappa shape index (κ3) is 5.08. The summed E-state index contributed by atoms with van der Waals surface area (Å²) in [5.74, 6) is 1.12. The summed E-state index contributed by atoms with van der Waals surface area (Å²) in [6, 6.07) is 6.06. The normalized spacial score (nSPS) is 21.0. The number of anilines is 1. The van der Waals surface area contributed by atoms with Crippen LogP contribution in [0.25, 0.3) is 11.1 Å². The number of hydrogen-bond donors (Lipinski definition) is 1. The van der Waals surface area contributed by atoms with Crippen LogP contribution in [0, 0.1) is 5.92 Å². The highest BCUT2D eigenvalue weighted by Gasteiger charge is 2.31. The van der Waals surface area contributed by atoms with Crippen molar-refractivity contribution in [1.29, 1.82) is 0 Å². The van der Waals surface area contributed by atoms with Crippen LogP contribution < -0.4 is 10.1 Å². The van der Waals surface area contributed by atoms with E-state index in [0.717, 1.165) is 29.9 Å². The quantitative estimate of drug-likeness (QED) is 0.839. The molecular weight excluding hydrogens is 331 g/mol. The molecule has 2 aromatic rings. The second kappa shape index (κ2) is 7.29. The standard InChI is InChI=1S/C18H20F3N3O/c1-12-2-6-15(7-3-12)24-17-22-10-14(11-23-17)13-4-8-16(9-5-13)25-18(19,20)21/h4-5,8-12,15H,2-3,6-7H2,1H3,(H,22,23,24)/t12-,15-. The molecule has 0 saturated heterocycles. The van der Waals surface area contributed by atoms with Crippen LogP contribution in [0.1, 0.15) is 32.6 Å². The molecule has 1 aliphatic carbocycles. The number of benzene rings is 1. The molecule has 1 aromatic heterocycles. The van der Waals surface area contributed by atoms with Crippen molar-refractivity contribution in [2.75, 3.05) is 5.32 Å². The maximum Gasteiger partial charge on any atom is 0.573 e. The summed E-state index contributed by atoms with van der Waals surface area (Å²) in [4.78, 5) is 8.63. The lowest BCUT2D eigenvalue weighted by atomic mass is 9.87. The molecule has 1 N–H and O–H groups in total. The van der Waals surface area contributed by atoms with Gasteiger partial charge in [0.15, 0.2) is 0 Å². The smallest absolute Gasteiger partial charge is 0.406 e. The zero-order valence-electron chi connectivity index (χ0n) is 13.9. The van der Waals surface area contributed by atoms with Crippen LogP contribution in [0.15, 0.2) is 36.7 Å². The molecule has 7 heteroatoms. The Hall–Kier alpha value is -2.31. The van der Waals surface area contributed by atoms with Crippen molar-refractivity contribution in [2.24, 2.45) is 5.92 Å². The number of alkyl halides is 3. The summed E-state index contributed by atoms with van der Waals surface area (Å²) in [5, 5.41) is 3.35. The number of nitrogens with zero attached hydrogens (tertiary/aromatic N) is 2. The number of hydrogen-bond acceptors (Lipinski definition) is 4. The van der Waals surface area contributed by atoms with Crippen molar-refractivity contribution in [2.45, 2.75) is 45.0 Å². The molecule has 1 aromatic carbocycles. The highest BCUT2D eigenvalue weighted by molar-refractivity contribution is 5.62. The fourth-order valence-corrected chi connectivity index (χ4v) is 2.99. The first kappa shape index (κ1) is 17.5. The molecule has 0 bridgehead atoms. The van der Waals surface area contributed by atoms with Gasteiger partial charge < -0.3 is 10.1 Å². The maximum atomic E-state index is 12.2. The highest BCUT2D eigenvalue weighted by Crippen LogP contribution is 2.27. The highest BCUT2D eigenvalue weighted by atomic mass is 19.4. The number of ether oxygens (including phenoxy) is 1. The van der Waals surface area contributed by atoms with Crippen LogP contribution in [0.4, 0.5) is 19.1 Å². The fourth-order valence-electron chi connectivity index (χ4n) is 2.99. The summed E-state index contributed by atoms with van der Waals surface area (Å²) in [5.41, 5.74) is 1.47. The SMILES string of the molecule is C[C@H]1CC[C@H](Nc2ncc(-c3ccc(OC(F)(F)F)cc3)cn2)CC1. The Morgan fingerprint density at radius 1 is 0.960 bits per heavy atom. The average Bonchev–Trinajstić information content (AvgIpc) is 2.57. The Morgan fingerprint density at radius 2 is 1.56 bits per heavy atom. The second-order valence-corrected chi connectivity index (χ2v) is 6.47. The molecule has 25 heavy (non-hydrogen) atoms. The van der Waals surface area contributed by atoms with E-state index in [2.05, 4.69) is 26.9 Å². The van der Waals surface area contributed by atoms with Crippen LogP contribution in [-0.2, 0) is 0 Å². The minimum Gasteiger partial charge on any atom is -0.406 e. The van der Waals surface area contributed by atoms with Gasteiger partial charge in [-0.2, -0.15) is 0 Å².